The van der Waals surface area contributed by atoms with Gasteiger partial charge in [-0.1, -0.05) is 65.7 Å². The second-order valence-corrected chi connectivity index (χ2v) is 5.54. The zero-order chi connectivity index (χ0) is 10.9. The van der Waals surface area contributed by atoms with Crippen LogP contribution in [-0.4, -0.2) is 6.54 Å². The van der Waals surface area contributed by atoms with E-state index in [1.54, 1.807) is 0 Å². The van der Waals surface area contributed by atoms with Crippen molar-refractivity contribution in [1.29, 1.82) is 0 Å². The predicted molar refractivity (Wildman–Crippen MR) is 65.6 cm³/mol. The van der Waals surface area contributed by atoms with Crippen molar-refractivity contribution in [3.05, 3.63) is 5.73 Å². The van der Waals surface area contributed by atoms with Gasteiger partial charge in [-0.3, -0.25) is 0 Å². The first-order valence-electron chi connectivity index (χ1n) is 6.21. The van der Waals surface area contributed by atoms with Gasteiger partial charge in [0.05, 0.1) is 0 Å². The molecule has 0 aromatic heterocycles. The molecule has 0 spiro atoms. The van der Waals surface area contributed by atoms with E-state index in [-0.39, 0.29) is 29.6 Å². The summed E-state index contributed by atoms with van der Waals surface area (Å²) in [5.74, 6) is 0. The van der Waals surface area contributed by atoms with Gasteiger partial charge in [-0.15, -0.1) is 0 Å². The zero-order valence-corrected chi connectivity index (χ0v) is 13.4. The predicted octanol–water partition coefficient (Wildman–Crippen LogP) is 2.21. The van der Waals surface area contributed by atoms with E-state index in [0.717, 1.165) is 6.42 Å². The number of unbranched alkanes of at least 4 members (excludes halogenated alkanes) is 6. The van der Waals surface area contributed by atoms with Crippen molar-refractivity contribution in [2.24, 2.45) is 5.41 Å². The van der Waals surface area contributed by atoms with Crippen LogP contribution in [0.25, 0.3) is 5.73 Å². The van der Waals surface area contributed by atoms with Crippen LogP contribution in [-0.2, 0) is 0 Å². The summed E-state index contributed by atoms with van der Waals surface area (Å²) in [6.07, 6.45) is 10.6. The van der Waals surface area contributed by atoms with Crippen molar-refractivity contribution in [1.82, 2.24) is 0 Å². The van der Waals surface area contributed by atoms with Gasteiger partial charge in [0.15, 0.2) is 0 Å². The minimum Gasteiger partial charge on any atom is -0.677 e. The molecule has 15 heavy (non-hydrogen) atoms. The minimum absolute atomic E-state index is 0. The average Bonchev–Trinajstić information content (AvgIpc) is 2.08. The third-order valence-electron chi connectivity index (χ3n) is 2.60. The Kier molecular flexibility index (Phi) is 14.0. The van der Waals surface area contributed by atoms with E-state index in [1.807, 2.05) is 0 Å². The molecule has 1 N–H and O–H groups in total. The SMILES string of the molecule is CC(C)(C)CCCCCCCCC[NH-].[Na+]. The Bertz CT molecular complexity index is 118. The fourth-order valence-electron chi connectivity index (χ4n) is 1.66. The molecule has 0 bridgehead atoms. The smallest absolute Gasteiger partial charge is 0.677 e. The summed E-state index contributed by atoms with van der Waals surface area (Å²) >= 11 is 0. The number of rotatable bonds is 8. The summed E-state index contributed by atoms with van der Waals surface area (Å²) in [5.41, 5.74) is 7.54. The molecule has 0 unspecified atom stereocenters. The third kappa shape index (κ3) is 17.6. The van der Waals surface area contributed by atoms with Gasteiger partial charge in [-0.05, 0) is 11.8 Å². The molecule has 86 valence electrons. The fourth-order valence-corrected chi connectivity index (χ4v) is 1.66. The van der Waals surface area contributed by atoms with Gasteiger partial charge in [0.1, 0.15) is 0 Å². The molecule has 0 aliphatic heterocycles. The molecule has 0 amide bonds. The van der Waals surface area contributed by atoms with E-state index >= 15 is 0 Å². The topological polar surface area (TPSA) is 23.8 Å². The molecular weight excluding hydrogens is 193 g/mol. The molecule has 0 aromatic rings. The van der Waals surface area contributed by atoms with E-state index in [1.165, 1.54) is 44.9 Å². The van der Waals surface area contributed by atoms with Crippen LogP contribution in [0.4, 0.5) is 0 Å². The van der Waals surface area contributed by atoms with Gasteiger partial charge < -0.3 is 5.73 Å². The molecule has 0 aliphatic rings. The normalized spacial score (nSPS) is 11.2. The van der Waals surface area contributed by atoms with Crippen LogP contribution < -0.4 is 29.6 Å². The monoisotopic (exact) mass is 221 g/mol. The van der Waals surface area contributed by atoms with Crippen molar-refractivity contribution in [3.63, 3.8) is 0 Å². The maximum Gasteiger partial charge on any atom is 1.00 e. The van der Waals surface area contributed by atoms with E-state index in [2.05, 4.69) is 20.8 Å². The second-order valence-electron chi connectivity index (χ2n) is 5.54. The van der Waals surface area contributed by atoms with Crippen LogP contribution in [0.1, 0.15) is 72.1 Å². The average molecular weight is 221 g/mol. The molecule has 0 saturated heterocycles. The van der Waals surface area contributed by atoms with Gasteiger partial charge in [-0.25, -0.2) is 0 Å². The Hall–Kier alpha value is 0.960. The molecule has 0 aromatic carbocycles. The Morgan fingerprint density at radius 1 is 0.733 bits per heavy atom. The standard InChI is InChI=1S/C13H28N.Na/c1-13(2,3)11-9-7-5-4-6-8-10-12-14;/h14H,4-12H2,1-3H3;/q-1;+1. The van der Waals surface area contributed by atoms with Crippen LogP contribution in [0.2, 0.25) is 0 Å². The van der Waals surface area contributed by atoms with Crippen LogP contribution >= 0.6 is 0 Å². The molecule has 0 rings (SSSR count). The summed E-state index contributed by atoms with van der Waals surface area (Å²) in [6, 6.07) is 0. The second kappa shape index (κ2) is 11.4. The quantitative estimate of drug-likeness (QED) is 0.443. The molecule has 0 fully saturated rings. The maximum atomic E-state index is 7.02. The van der Waals surface area contributed by atoms with Gasteiger partial charge in [0, 0.05) is 0 Å². The zero-order valence-electron chi connectivity index (χ0n) is 11.4. The molecule has 0 radical (unpaired) electrons. The Morgan fingerprint density at radius 2 is 1.13 bits per heavy atom. The molecular formula is C13H28NNa. The fraction of sp³-hybridized carbons (Fsp3) is 1.00. The molecule has 2 heteroatoms. The minimum atomic E-state index is 0. The van der Waals surface area contributed by atoms with Gasteiger partial charge in [0.2, 0.25) is 0 Å². The van der Waals surface area contributed by atoms with E-state index in [0.29, 0.717) is 12.0 Å². The van der Waals surface area contributed by atoms with Gasteiger partial charge in [-0.2, -0.15) is 6.54 Å². The molecule has 0 aliphatic carbocycles. The molecule has 0 saturated carbocycles. The first-order valence-corrected chi connectivity index (χ1v) is 6.21. The third-order valence-corrected chi connectivity index (χ3v) is 2.60. The van der Waals surface area contributed by atoms with Crippen molar-refractivity contribution in [2.75, 3.05) is 6.54 Å². The van der Waals surface area contributed by atoms with E-state index in [9.17, 15) is 0 Å². The Labute approximate surface area is 119 Å². The van der Waals surface area contributed by atoms with Crippen LogP contribution in [0, 0.1) is 5.41 Å². The molecule has 1 nitrogen and oxygen atoms in total. The van der Waals surface area contributed by atoms with Gasteiger partial charge in [0.25, 0.3) is 0 Å². The first kappa shape index (κ1) is 18.3. The number of hydrogen-bond acceptors (Lipinski definition) is 0. The van der Waals surface area contributed by atoms with Gasteiger partial charge >= 0.3 is 29.6 Å². The maximum absolute atomic E-state index is 7.02. The number of hydrogen-bond donors (Lipinski definition) is 0. The largest absolute Gasteiger partial charge is 1.00 e. The summed E-state index contributed by atoms with van der Waals surface area (Å²) < 4.78 is 0. The van der Waals surface area contributed by atoms with E-state index in [4.69, 9.17) is 5.73 Å². The van der Waals surface area contributed by atoms with Crippen molar-refractivity contribution in [3.8, 4) is 0 Å². The van der Waals surface area contributed by atoms with Crippen molar-refractivity contribution >= 4 is 0 Å². The molecule has 0 heterocycles. The van der Waals surface area contributed by atoms with Crippen LogP contribution in [0.5, 0.6) is 0 Å². The Morgan fingerprint density at radius 3 is 1.53 bits per heavy atom. The summed E-state index contributed by atoms with van der Waals surface area (Å²) in [4.78, 5) is 0. The summed E-state index contributed by atoms with van der Waals surface area (Å²) in [6.45, 7) is 7.58. The summed E-state index contributed by atoms with van der Waals surface area (Å²) in [7, 11) is 0. The van der Waals surface area contributed by atoms with Crippen molar-refractivity contribution in [2.45, 2.75) is 72.1 Å². The molecule has 0 atom stereocenters. The van der Waals surface area contributed by atoms with E-state index < -0.39 is 0 Å². The summed E-state index contributed by atoms with van der Waals surface area (Å²) in [5, 5.41) is 0. The van der Waals surface area contributed by atoms with Crippen LogP contribution in [0.3, 0.4) is 0 Å². The first-order chi connectivity index (χ1) is 6.56. The van der Waals surface area contributed by atoms with Crippen molar-refractivity contribution < 1.29 is 29.6 Å². The number of nitrogens with one attached hydrogen (secondary N) is 1. The van der Waals surface area contributed by atoms with Crippen LogP contribution in [0.15, 0.2) is 0 Å². The Balaban J connectivity index is 0.